The Labute approximate surface area is 171 Å². The monoisotopic (exact) mass is 387 g/mol. The van der Waals surface area contributed by atoms with Gasteiger partial charge in [-0.25, -0.2) is 0 Å². The first-order valence-corrected chi connectivity index (χ1v) is 9.74. The number of Topliss-reactive ketones (excluding diaryl/α,β-unsaturated/α-hetero) is 1. The average Bonchev–Trinajstić information content (AvgIpc) is 2.78. The van der Waals surface area contributed by atoms with E-state index in [2.05, 4.69) is 17.0 Å². The Kier molecular flexibility index (Phi) is 5.47. The number of hydrogen-bond donors (Lipinski definition) is 0. The van der Waals surface area contributed by atoms with Gasteiger partial charge in [0.25, 0.3) is 0 Å². The molecule has 4 nitrogen and oxygen atoms in total. The van der Waals surface area contributed by atoms with E-state index in [9.17, 15) is 4.79 Å². The summed E-state index contributed by atoms with van der Waals surface area (Å²) in [7, 11) is 5.73. The van der Waals surface area contributed by atoms with Crippen molar-refractivity contribution in [2.45, 2.75) is 18.2 Å². The van der Waals surface area contributed by atoms with Gasteiger partial charge in [0.1, 0.15) is 18.0 Å². The first-order chi connectivity index (χ1) is 14.1. The Balaban J connectivity index is 1.86. The third-order valence-corrected chi connectivity index (χ3v) is 5.45. The fourth-order valence-electron chi connectivity index (χ4n) is 4.04. The van der Waals surface area contributed by atoms with E-state index in [-0.39, 0.29) is 17.9 Å². The van der Waals surface area contributed by atoms with E-state index in [1.165, 1.54) is 0 Å². The lowest BCUT2D eigenvalue weighted by Gasteiger charge is -2.41. The molecule has 0 unspecified atom stereocenters. The van der Waals surface area contributed by atoms with Crippen LogP contribution >= 0.6 is 0 Å². The predicted octanol–water partition coefficient (Wildman–Crippen LogP) is 4.99. The second-order valence-electron chi connectivity index (χ2n) is 7.48. The molecule has 0 N–H and O–H groups in total. The van der Waals surface area contributed by atoms with Gasteiger partial charge in [0, 0.05) is 5.56 Å². The second kappa shape index (κ2) is 8.19. The Hall–Kier alpha value is -2.95. The van der Waals surface area contributed by atoms with Crippen molar-refractivity contribution in [3.8, 4) is 5.75 Å². The second-order valence-corrected chi connectivity index (χ2v) is 7.48. The van der Waals surface area contributed by atoms with Crippen molar-refractivity contribution >= 4 is 5.78 Å². The van der Waals surface area contributed by atoms with Crippen LogP contribution in [0.15, 0.2) is 78.9 Å². The minimum Gasteiger partial charge on any atom is -0.497 e. The van der Waals surface area contributed by atoms with E-state index in [0.29, 0.717) is 5.56 Å². The van der Waals surface area contributed by atoms with Crippen LogP contribution in [0.3, 0.4) is 0 Å². The van der Waals surface area contributed by atoms with Crippen molar-refractivity contribution in [3.05, 3.63) is 101 Å². The fraction of sp³-hybridized carbons (Fsp3) is 0.240. The minimum atomic E-state index is -0.667. The highest BCUT2D eigenvalue weighted by molar-refractivity contribution is 6.00. The van der Waals surface area contributed by atoms with E-state index in [1.807, 2.05) is 80.8 Å². The minimum absolute atomic E-state index is 0.0323. The summed E-state index contributed by atoms with van der Waals surface area (Å²) in [6.45, 7) is 0. The summed E-state index contributed by atoms with van der Waals surface area (Å²) in [6.07, 6.45) is -0.941. The number of nitrogens with zero attached hydrogens (tertiary/aromatic N) is 1. The third kappa shape index (κ3) is 3.69. The van der Waals surface area contributed by atoms with Gasteiger partial charge in [0.2, 0.25) is 0 Å². The molecule has 0 fully saturated rings. The number of rotatable bonds is 5. The zero-order valence-corrected chi connectivity index (χ0v) is 16.9. The Morgan fingerprint density at radius 3 is 2.17 bits per heavy atom. The number of fused-ring (bicyclic) bond motifs is 1. The summed E-state index contributed by atoms with van der Waals surface area (Å²) >= 11 is 0. The molecule has 0 aliphatic carbocycles. The number of ether oxygens (including phenoxy) is 2. The molecule has 1 aliphatic heterocycles. The molecule has 0 amide bonds. The first-order valence-electron chi connectivity index (χ1n) is 9.74. The Morgan fingerprint density at radius 1 is 0.897 bits per heavy atom. The molecule has 1 aliphatic rings. The molecule has 1 heterocycles. The molecule has 4 rings (SSSR count). The lowest BCUT2D eigenvalue weighted by atomic mass is 9.84. The van der Waals surface area contributed by atoms with Crippen LogP contribution in [0.4, 0.5) is 0 Å². The molecule has 3 atom stereocenters. The summed E-state index contributed by atoms with van der Waals surface area (Å²) < 4.78 is 12.0. The van der Waals surface area contributed by atoms with Crippen LogP contribution in [0.25, 0.3) is 0 Å². The topological polar surface area (TPSA) is 38.8 Å². The molecule has 0 saturated heterocycles. The van der Waals surface area contributed by atoms with E-state index in [0.717, 1.165) is 22.4 Å². The van der Waals surface area contributed by atoms with E-state index < -0.39 is 6.10 Å². The Morgan fingerprint density at radius 2 is 1.55 bits per heavy atom. The van der Waals surface area contributed by atoms with E-state index in [4.69, 9.17) is 9.47 Å². The molecule has 4 heteroatoms. The van der Waals surface area contributed by atoms with E-state index >= 15 is 0 Å². The molecule has 3 aromatic rings. The standard InChI is InChI=1S/C25H25NO3/c1-26(2)22-21-16-19(28-3)14-15-20(21)25(23(27)17-10-6-4-7-11-17)29-24(22)18-12-8-5-9-13-18/h4-16,22,24-25H,1-3H3/t22-,24+,25-/m0/s1. The van der Waals surface area contributed by atoms with Crippen LogP contribution in [-0.2, 0) is 4.74 Å². The quantitative estimate of drug-likeness (QED) is 0.578. The number of methoxy groups -OCH3 is 1. The van der Waals surface area contributed by atoms with Gasteiger partial charge in [-0.15, -0.1) is 0 Å². The molecule has 0 saturated carbocycles. The first kappa shape index (κ1) is 19.4. The highest BCUT2D eigenvalue weighted by atomic mass is 16.5. The lowest BCUT2D eigenvalue weighted by Crippen LogP contribution is -2.36. The number of carbonyl (C=O) groups is 1. The normalized spacial score (nSPS) is 20.9. The maximum Gasteiger partial charge on any atom is 0.196 e. The van der Waals surface area contributed by atoms with Crippen molar-refractivity contribution < 1.29 is 14.3 Å². The lowest BCUT2D eigenvalue weighted by molar-refractivity contribution is -0.0580. The summed E-state index contributed by atoms with van der Waals surface area (Å²) in [5.41, 5.74) is 3.65. The summed E-state index contributed by atoms with van der Waals surface area (Å²) in [4.78, 5) is 15.5. The molecule has 0 radical (unpaired) electrons. The summed E-state index contributed by atoms with van der Waals surface area (Å²) in [5.74, 6) is 0.741. The van der Waals surface area contributed by atoms with Gasteiger partial charge < -0.3 is 9.47 Å². The van der Waals surface area contributed by atoms with Gasteiger partial charge in [-0.3, -0.25) is 9.69 Å². The van der Waals surface area contributed by atoms with Gasteiger partial charge >= 0.3 is 0 Å². The predicted molar refractivity (Wildman–Crippen MR) is 113 cm³/mol. The highest BCUT2D eigenvalue weighted by Crippen LogP contribution is 2.48. The molecular formula is C25H25NO3. The van der Waals surface area contributed by atoms with Crippen LogP contribution in [0.5, 0.6) is 5.75 Å². The SMILES string of the molecule is COc1ccc2c(c1)[C@H](N(C)C)[C@@H](c1ccccc1)O[C@@H]2C(=O)c1ccccc1. The summed E-state index contributed by atoms with van der Waals surface area (Å²) in [6, 6.07) is 25.3. The maximum atomic E-state index is 13.4. The van der Waals surface area contributed by atoms with Crippen molar-refractivity contribution in [3.63, 3.8) is 0 Å². The molecule has 29 heavy (non-hydrogen) atoms. The van der Waals surface area contributed by atoms with Gasteiger partial charge in [0.15, 0.2) is 5.78 Å². The van der Waals surface area contributed by atoms with Gasteiger partial charge in [-0.05, 0) is 42.9 Å². The molecule has 3 aromatic carbocycles. The number of likely N-dealkylation sites (N-methyl/N-ethyl adjacent to an activating group) is 1. The molecule has 0 spiro atoms. The number of hydrogen-bond acceptors (Lipinski definition) is 4. The average molecular weight is 387 g/mol. The fourth-order valence-corrected chi connectivity index (χ4v) is 4.04. The highest BCUT2D eigenvalue weighted by Gasteiger charge is 2.41. The summed E-state index contributed by atoms with van der Waals surface area (Å²) in [5, 5.41) is 0. The maximum absolute atomic E-state index is 13.4. The zero-order chi connectivity index (χ0) is 20.4. The van der Waals surface area contributed by atoms with E-state index in [1.54, 1.807) is 7.11 Å². The van der Waals surface area contributed by atoms with Gasteiger partial charge in [0.05, 0.1) is 13.2 Å². The van der Waals surface area contributed by atoms with Crippen LogP contribution in [0.2, 0.25) is 0 Å². The molecule has 0 bridgehead atoms. The molecular weight excluding hydrogens is 362 g/mol. The van der Waals surface area contributed by atoms with Crippen LogP contribution in [-0.4, -0.2) is 31.9 Å². The van der Waals surface area contributed by atoms with Crippen LogP contribution in [0.1, 0.15) is 45.3 Å². The number of ketones is 1. The van der Waals surface area contributed by atoms with Crippen molar-refractivity contribution in [2.75, 3.05) is 21.2 Å². The third-order valence-electron chi connectivity index (χ3n) is 5.45. The molecule has 0 aromatic heterocycles. The van der Waals surface area contributed by atoms with Crippen LogP contribution in [0, 0.1) is 0 Å². The molecule has 148 valence electrons. The Bertz CT molecular complexity index is 985. The van der Waals surface area contributed by atoms with Crippen molar-refractivity contribution in [1.29, 1.82) is 0 Å². The van der Waals surface area contributed by atoms with Crippen LogP contribution < -0.4 is 4.74 Å². The van der Waals surface area contributed by atoms with Gasteiger partial charge in [-0.2, -0.15) is 0 Å². The van der Waals surface area contributed by atoms with Crippen molar-refractivity contribution in [1.82, 2.24) is 4.90 Å². The van der Waals surface area contributed by atoms with Gasteiger partial charge in [-0.1, -0.05) is 66.7 Å². The number of benzene rings is 3. The number of carbonyl (C=O) groups excluding carboxylic acids is 1. The zero-order valence-electron chi connectivity index (χ0n) is 16.9. The largest absolute Gasteiger partial charge is 0.497 e. The smallest absolute Gasteiger partial charge is 0.196 e. The van der Waals surface area contributed by atoms with Crippen molar-refractivity contribution in [2.24, 2.45) is 0 Å².